The second-order valence-electron chi connectivity index (χ2n) is 17.9. The summed E-state index contributed by atoms with van der Waals surface area (Å²) >= 11 is 0. The zero-order valence-corrected chi connectivity index (χ0v) is 30.0. The van der Waals surface area contributed by atoms with E-state index in [1.165, 1.54) is 5.57 Å². The summed E-state index contributed by atoms with van der Waals surface area (Å²) in [7, 11) is 1.82. The molecule has 5 saturated carbocycles. The molecule has 0 bridgehead atoms. The van der Waals surface area contributed by atoms with Gasteiger partial charge in [-0.25, -0.2) is 0 Å². The topological polar surface area (TPSA) is 102 Å². The van der Waals surface area contributed by atoms with Gasteiger partial charge >= 0.3 is 5.97 Å². The first kappa shape index (κ1) is 33.9. The summed E-state index contributed by atoms with van der Waals surface area (Å²) in [5.74, 6) is 2.42. The normalized spacial score (nSPS) is 45.2. The second kappa shape index (κ2) is 11.6. The van der Waals surface area contributed by atoms with E-state index in [-0.39, 0.29) is 58.3 Å². The van der Waals surface area contributed by atoms with Crippen LogP contribution in [0.1, 0.15) is 120 Å². The molecule has 0 spiro atoms. The van der Waals surface area contributed by atoms with E-state index in [2.05, 4.69) is 45.3 Å². The molecule has 12 unspecified atom stereocenters. The van der Waals surface area contributed by atoms with Gasteiger partial charge in [0.15, 0.2) is 5.78 Å². The molecule has 1 amide bonds. The van der Waals surface area contributed by atoms with Crippen LogP contribution in [0.3, 0.4) is 0 Å². The molecule has 5 fully saturated rings. The Morgan fingerprint density at radius 3 is 2.24 bits per heavy atom. The van der Waals surface area contributed by atoms with Gasteiger partial charge in [-0.3, -0.25) is 14.4 Å². The molecule has 7 heteroatoms. The van der Waals surface area contributed by atoms with Gasteiger partial charge in [0.05, 0.1) is 17.0 Å². The zero-order valence-electron chi connectivity index (χ0n) is 30.0. The van der Waals surface area contributed by atoms with E-state index < -0.39 is 11.1 Å². The Morgan fingerprint density at radius 2 is 1.61 bits per heavy atom. The van der Waals surface area contributed by atoms with Crippen molar-refractivity contribution in [3.05, 3.63) is 11.1 Å². The lowest BCUT2D eigenvalue weighted by molar-refractivity contribution is -0.195. The number of rotatable bonds is 7. The van der Waals surface area contributed by atoms with Crippen LogP contribution in [0.25, 0.3) is 0 Å². The average Bonchev–Trinajstić information content (AvgIpc) is 3.29. The fourth-order valence-corrected chi connectivity index (χ4v) is 12.2. The molecule has 2 N–H and O–H groups in total. The first-order valence-corrected chi connectivity index (χ1v) is 18.5. The molecule has 0 heterocycles. The minimum atomic E-state index is -0.713. The van der Waals surface area contributed by atoms with Crippen molar-refractivity contribution in [1.82, 2.24) is 10.6 Å². The third-order valence-electron chi connectivity index (χ3n) is 15.2. The SMILES string of the molecule is CNC(C)(C)C(=O)NC12CCC3C(CCC4C3(C)CCC3C(C)C(OC(=O)C5CC(C=O)C5C)CCC34C)C1=C(C(C)C)C(=O)C2. The highest BCUT2D eigenvalue weighted by Crippen LogP contribution is 2.70. The quantitative estimate of drug-likeness (QED) is 0.247. The third-order valence-corrected chi connectivity index (χ3v) is 15.2. The third kappa shape index (κ3) is 4.90. The highest BCUT2D eigenvalue weighted by Gasteiger charge is 2.65. The maximum atomic E-state index is 13.7. The van der Waals surface area contributed by atoms with Crippen molar-refractivity contribution in [2.45, 2.75) is 137 Å². The number of hydrogen-bond donors (Lipinski definition) is 2. The molecule has 0 aromatic carbocycles. The van der Waals surface area contributed by atoms with Crippen LogP contribution >= 0.6 is 0 Å². The van der Waals surface area contributed by atoms with Crippen LogP contribution in [0.15, 0.2) is 11.1 Å². The number of Topliss-reactive ketones (excluding diaryl/α,β-unsaturated/α-hetero) is 1. The Bertz CT molecular complexity index is 1320. The Morgan fingerprint density at radius 1 is 0.957 bits per heavy atom. The Hall–Kier alpha value is -2.02. The summed E-state index contributed by atoms with van der Waals surface area (Å²) in [5, 5.41) is 6.65. The fraction of sp³-hybridized carbons (Fsp3) is 0.846. The molecule has 6 rings (SSSR count). The Labute approximate surface area is 277 Å². The van der Waals surface area contributed by atoms with Crippen molar-refractivity contribution < 1.29 is 23.9 Å². The van der Waals surface area contributed by atoms with Crippen molar-refractivity contribution in [3.63, 3.8) is 0 Å². The Balaban J connectivity index is 1.24. The summed E-state index contributed by atoms with van der Waals surface area (Å²) in [6, 6.07) is 0. The van der Waals surface area contributed by atoms with Gasteiger partial charge in [-0.05, 0) is 142 Å². The largest absolute Gasteiger partial charge is 0.462 e. The lowest BCUT2D eigenvalue weighted by atomic mass is 9.38. The smallest absolute Gasteiger partial charge is 0.309 e. The summed E-state index contributed by atoms with van der Waals surface area (Å²) < 4.78 is 6.25. The van der Waals surface area contributed by atoms with Gasteiger partial charge in [-0.1, -0.05) is 41.5 Å². The molecule has 6 aliphatic carbocycles. The van der Waals surface area contributed by atoms with Gasteiger partial charge in [0.25, 0.3) is 0 Å². The molecule has 256 valence electrons. The molecule has 0 aromatic rings. The number of fused-ring (bicyclic) bond motifs is 7. The van der Waals surface area contributed by atoms with E-state index in [9.17, 15) is 19.2 Å². The van der Waals surface area contributed by atoms with Gasteiger partial charge in [0, 0.05) is 12.3 Å². The van der Waals surface area contributed by atoms with Gasteiger partial charge < -0.3 is 20.2 Å². The molecule has 6 aliphatic rings. The summed E-state index contributed by atoms with van der Waals surface area (Å²) in [4.78, 5) is 51.8. The highest BCUT2D eigenvalue weighted by atomic mass is 16.5. The van der Waals surface area contributed by atoms with E-state index in [1.54, 1.807) is 0 Å². The molecular formula is C39H60N2O5. The summed E-state index contributed by atoms with van der Waals surface area (Å²) in [6.07, 6.45) is 10.4. The molecule has 0 saturated heterocycles. The maximum absolute atomic E-state index is 13.7. The van der Waals surface area contributed by atoms with Gasteiger partial charge in [-0.15, -0.1) is 0 Å². The van der Waals surface area contributed by atoms with Gasteiger partial charge in [0.2, 0.25) is 5.91 Å². The average molecular weight is 637 g/mol. The molecule has 7 nitrogen and oxygen atoms in total. The number of ketones is 1. The number of amides is 1. The molecule has 46 heavy (non-hydrogen) atoms. The van der Waals surface area contributed by atoms with Crippen LogP contribution in [0, 0.1) is 64.1 Å². The Kier molecular flexibility index (Phi) is 8.50. The summed E-state index contributed by atoms with van der Waals surface area (Å²) in [5.41, 5.74) is 1.36. The predicted molar refractivity (Wildman–Crippen MR) is 178 cm³/mol. The number of carbonyl (C=O) groups excluding carboxylic acids is 4. The van der Waals surface area contributed by atoms with Crippen LogP contribution in [0.5, 0.6) is 0 Å². The minimum absolute atomic E-state index is 0.00749. The highest BCUT2D eigenvalue weighted by molar-refractivity contribution is 6.02. The number of allylic oxidation sites excluding steroid dienone is 1. The number of nitrogens with one attached hydrogen (secondary N) is 2. The second-order valence-corrected chi connectivity index (χ2v) is 17.9. The van der Waals surface area contributed by atoms with E-state index in [1.807, 2.05) is 27.8 Å². The molecule has 0 aliphatic heterocycles. The number of esters is 1. The number of carbonyl (C=O) groups is 4. The van der Waals surface area contributed by atoms with Crippen LogP contribution in [-0.2, 0) is 23.9 Å². The van der Waals surface area contributed by atoms with Crippen molar-refractivity contribution in [2.75, 3.05) is 7.05 Å². The maximum Gasteiger partial charge on any atom is 0.309 e. The summed E-state index contributed by atoms with van der Waals surface area (Å²) in [6.45, 7) is 17.6. The van der Waals surface area contributed by atoms with Crippen molar-refractivity contribution >= 4 is 23.9 Å². The first-order chi connectivity index (χ1) is 21.5. The number of hydrogen-bond acceptors (Lipinski definition) is 6. The monoisotopic (exact) mass is 636 g/mol. The predicted octanol–water partition coefficient (Wildman–Crippen LogP) is 6.44. The lowest BCUT2D eigenvalue weighted by Crippen LogP contribution is -2.64. The number of ether oxygens (including phenoxy) is 1. The lowest BCUT2D eigenvalue weighted by Gasteiger charge is -2.67. The van der Waals surface area contributed by atoms with Crippen LogP contribution in [-0.4, -0.2) is 48.2 Å². The van der Waals surface area contributed by atoms with Crippen molar-refractivity contribution in [1.29, 1.82) is 0 Å². The van der Waals surface area contributed by atoms with E-state index in [4.69, 9.17) is 4.74 Å². The van der Waals surface area contributed by atoms with Gasteiger partial charge in [-0.2, -0.15) is 0 Å². The van der Waals surface area contributed by atoms with Crippen LogP contribution in [0.2, 0.25) is 0 Å². The van der Waals surface area contributed by atoms with Crippen LogP contribution < -0.4 is 10.6 Å². The van der Waals surface area contributed by atoms with Crippen molar-refractivity contribution in [3.8, 4) is 0 Å². The standard InChI is InChI=1S/C39H60N2O5/c1-21(2)32-29(43)19-39(41-35(45)36(5,6)40-9)17-13-28-25(33(32)39)10-11-31-37(7)16-14-30(23(4)27(37)12-15-38(28,31)8)46-34(44)26-18-24(20-42)22(26)3/h20-28,30-31,40H,10-19H2,1-9H3,(H,41,45). The first-order valence-electron chi connectivity index (χ1n) is 18.5. The molecule has 12 atom stereocenters. The van der Waals surface area contributed by atoms with Gasteiger partial charge in [0.1, 0.15) is 12.4 Å². The molecule has 0 radical (unpaired) electrons. The fourth-order valence-electron chi connectivity index (χ4n) is 12.2. The number of likely N-dealkylation sites (N-methyl/N-ethyl adjacent to an activating group) is 1. The number of aldehydes is 1. The van der Waals surface area contributed by atoms with Crippen LogP contribution in [0.4, 0.5) is 0 Å². The molecular weight excluding hydrogens is 576 g/mol. The van der Waals surface area contributed by atoms with E-state index in [0.29, 0.717) is 42.4 Å². The van der Waals surface area contributed by atoms with Crippen molar-refractivity contribution in [2.24, 2.45) is 64.1 Å². The van der Waals surface area contributed by atoms with E-state index >= 15 is 0 Å². The molecule has 0 aromatic heterocycles. The minimum Gasteiger partial charge on any atom is -0.462 e. The zero-order chi connectivity index (χ0) is 33.6. The van der Waals surface area contributed by atoms with E-state index in [0.717, 1.165) is 63.2 Å².